The highest BCUT2D eigenvalue weighted by Crippen LogP contribution is 2.08. The summed E-state index contributed by atoms with van der Waals surface area (Å²) in [4.78, 5) is 36.2. The van der Waals surface area contributed by atoms with Crippen molar-refractivity contribution in [2.45, 2.75) is 19.9 Å². The number of hydrogen-bond donors (Lipinski definition) is 2. The molecule has 2 amide bonds. The van der Waals surface area contributed by atoms with Crippen LogP contribution in [0.5, 0.6) is 0 Å². The maximum atomic E-state index is 12.0. The minimum absolute atomic E-state index is 0.160. The van der Waals surface area contributed by atoms with Crippen molar-refractivity contribution < 1.29 is 19.5 Å². The normalized spacial score (nSPS) is 11.9. The predicted octanol–water partition coefficient (Wildman–Crippen LogP) is 1.23. The Bertz CT molecular complexity index is 535. The van der Waals surface area contributed by atoms with Crippen molar-refractivity contribution >= 4 is 17.8 Å². The first-order chi connectivity index (χ1) is 9.73. The molecule has 0 aromatic heterocycles. The fourth-order valence-electron chi connectivity index (χ4n) is 1.76. The molecule has 0 radical (unpaired) electrons. The zero-order chi connectivity index (χ0) is 16.2. The van der Waals surface area contributed by atoms with Crippen LogP contribution in [0.3, 0.4) is 0 Å². The minimum atomic E-state index is -1.07. The molecule has 0 aliphatic carbocycles. The van der Waals surface area contributed by atoms with E-state index in [1.54, 1.807) is 40.1 Å². The number of benzene rings is 1. The Balaban J connectivity index is 2.84. The zero-order valence-corrected chi connectivity index (χ0v) is 12.6. The summed E-state index contributed by atoms with van der Waals surface area (Å²) in [5.74, 6) is -1.92. The van der Waals surface area contributed by atoms with Gasteiger partial charge in [-0.25, -0.2) is 4.79 Å². The third kappa shape index (κ3) is 4.30. The van der Waals surface area contributed by atoms with E-state index in [2.05, 4.69) is 5.32 Å². The molecule has 0 aliphatic rings. The highest BCUT2D eigenvalue weighted by atomic mass is 16.4. The van der Waals surface area contributed by atoms with Gasteiger partial charge in [0.1, 0.15) is 6.04 Å². The van der Waals surface area contributed by atoms with Crippen molar-refractivity contribution in [1.82, 2.24) is 10.2 Å². The Morgan fingerprint density at radius 1 is 1.05 bits per heavy atom. The first kappa shape index (κ1) is 16.7. The average molecular weight is 292 g/mol. The van der Waals surface area contributed by atoms with Gasteiger partial charge in [-0.15, -0.1) is 0 Å². The summed E-state index contributed by atoms with van der Waals surface area (Å²) in [6.45, 7) is 3.44. The van der Waals surface area contributed by atoms with E-state index in [1.807, 2.05) is 0 Å². The van der Waals surface area contributed by atoms with E-state index in [0.29, 0.717) is 11.1 Å². The number of carbonyl (C=O) groups excluding carboxylic acids is 2. The van der Waals surface area contributed by atoms with Gasteiger partial charge in [-0.3, -0.25) is 9.59 Å². The standard InChI is InChI=1S/C15H20N2O4/c1-9(2)12(15(20)21)16-13(18)10-5-7-11(8-6-10)14(19)17(3)4/h5-9,12H,1-4H3,(H,16,18)(H,20,21). The highest BCUT2D eigenvalue weighted by molar-refractivity contribution is 5.98. The number of carboxylic acids is 1. The van der Waals surface area contributed by atoms with Crippen molar-refractivity contribution in [3.8, 4) is 0 Å². The lowest BCUT2D eigenvalue weighted by molar-refractivity contribution is -0.140. The Morgan fingerprint density at radius 2 is 1.52 bits per heavy atom. The number of amides is 2. The maximum Gasteiger partial charge on any atom is 0.326 e. The van der Waals surface area contributed by atoms with Gasteiger partial charge in [-0.2, -0.15) is 0 Å². The van der Waals surface area contributed by atoms with Gasteiger partial charge in [0.15, 0.2) is 0 Å². The van der Waals surface area contributed by atoms with E-state index < -0.39 is 17.9 Å². The van der Waals surface area contributed by atoms with Crippen LogP contribution in [-0.4, -0.2) is 47.9 Å². The molecule has 6 nitrogen and oxygen atoms in total. The molecule has 1 aromatic carbocycles. The summed E-state index contributed by atoms with van der Waals surface area (Å²) in [5.41, 5.74) is 0.785. The number of rotatable bonds is 5. The second-order valence-electron chi connectivity index (χ2n) is 5.31. The fraction of sp³-hybridized carbons (Fsp3) is 0.400. The van der Waals surface area contributed by atoms with Crippen LogP contribution in [0.1, 0.15) is 34.6 Å². The van der Waals surface area contributed by atoms with Crippen LogP contribution in [-0.2, 0) is 4.79 Å². The van der Waals surface area contributed by atoms with Gasteiger partial charge in [0.2, 0.25) is 0 Å². The number of aliphatic carboxylic acids is 1. The Morgan fingerprint density at radius 3 is 1.90 bits per heavy atom. The molecule has 1 unspecified atom stereocenters. The molecule has 6 heteroatoms. The molecule has 0 saturated heterocycles. The van der Waals surface area contributed by atoms with Crippen LogP contribution in [0.15, 0.2) is 24.3 Å². The first-order valence-corrected chi connectivity index (χ1v) is 6.59. The van der Waals surface area contributed by atoms with Crippen LogP contribution in [0.4, 0.5) is 0 Å². The quantitative estimate of drug-likeness (QED) is 0.854. The fourth-order valence-corrected chi connectivity index (χ4v) is 1.76. The summed E-state index contributed by atoms with van der Waals surface area (Å²) in [7, 11) is 3.28. The van der Waals surface area contributed by atoms with Gasteiger partial charge in [0, 0.05) is 25.2 Å². The molecule has 1 aromatic rings. The molecule has 0 fully saturated rings. The molecule has 1 rings (SSSR count). The summed E-state index contributed by atoms with van der Waals surface area (Å²) >= 11 is 0. The van der Waals surface area contributed by atoms with Crippen molar-refractivity contribution in [3.05, 3.63) is 35.4 Å². The number of carboxylic acid groups (broad SMARTS) is 1. The predicted molar refractivity (Wildman–Crippen MR) is 78.2 cm³/mol. The van der Waals surface area contributed by atoms with Gasteiger partial charge in [0.05, 0.1) is 0 Å². The average Bonchev–Trinajstić information content (AvgIpc) is 2.42. The molecule has 2 N–H and O–H groups in total. The lowest BCUT2D eigenvalue weighted by Gasteiger charge is -2.18. The number of nitrogens with zero attached hydrogens (tertiary/aromatic N) is 1. The van der Waals surface area contributed by atoms with Crippen LogP contribution < -0.4 is 5.32 Å². The molecule has 0 bridgehead atoms. The minimum Gasteiger partial charge on any atom is -0.480 e. The first-order valence-electron chi connectivity index (χ1n) is 6.59. The van der Waals surface area contributed by atoms with E-state index in [-0.39, 0.29) is 11.8 Å². The van der Waals surface area contributed by atoms with Crippen molar-refractivity contribution in [1.29, 1.82) is 0 Å². The van der Waals surface area contributed by atoms with E-state index >= 15 is 0 Å². The van der Waals surface area contributed by atoms with Gasteiger partial charge < -0.3 is 15.3 Å². The Hall–Kier alpha value is -2.37. The van der Waals surface area contributed by atoms with Crippen LogP contribution in [0.25, 0.3) is 0 Å². The molecule has 21 heavy (non-hydrogen) atoms. The van der Waals surface area contributed by atoms with Gasteiger partial charge in [-0.1, -0.05) is 13.8 Å². The van der Waals surface area contributed by atoms with Crippen molar-refractivity contribution in [2.24, 2.45) is 5.92 Å². The molecule has 0 heterocycles. The number of carbonyl (C=O) groups is 3. The SMILES string of the molecule is CC(C)C(NC(=O)c1ccc(C(=O)N(C)C)cc1)C(=O)O. The second kappa shape index (κ2) is 6.88. The molecule has 0 spiro atoms. The van der Waals surface area contributed by atoms with Gasteiger partial charge in [-0.05, 0) is 30.2 Å². The smallest absolute Gasteiger partial charge is 0.326 e. The van der Waals surface area contributed by atoms with Crippen molar-refractivity contribution in [2.75, 3.05) is 14.1 Å². The van der Waals surface area contributed by atoms with Crippen LogP contribution in [0.2, 0.25) is 0 Å². The lowest BCUT2D eigenvalue weighted by Crippen LogP contribution is -2.44. The molecule has 0 aliphatic heterocycles. The van der Waals surface area contributed by atoms with Crippen molar-refractivity contribution in [3.63, 3.8) is 0 Å². The van der Waals surface area contributed by atoms with Gasteiger partial charge >= 0.3 is 5.97 Å². The number of hydrogen-bond acceptors (Lipinski definition) is 3. The summed E-state index contributed by atoms with van der Waals surface area (Å²) in [5, 5.41) is 11.5. The second-order valence-corrected chi connectivity index (χ2v) is 5.31. The topological polar surface area (TPSA) is 86.7 Å². The van der Waals surface area contributed by atoms with Crippen LogP contribution in [0, 0.1) is 5.92 Å². The molecular formula is C15H20N2O4. The monoisotopic (exact) mass is 292 g/mol. The Labute approximate surface area is 123 Å². The van der Waals surface area contributed by atoms with E-state index in [1.165, 1.54) is 17.0 Å². The van der Waals surface area contributed by atoms with E-state index in [9.17, 15) is 14.4 Å². The third-order valence-corrected chi connectivity index (χ3v) is 3.02. The van der Waals surface area contributed by atoms with Gasteiger partial charge in [0.25, 0.3) is 11.8 Å². The summed E-state index contributed by atoms with van der Waals surface area (Å²) < 4.78 is 0. The lowest BCUT2D eigenvalue weighted by atomic mass is 10.0. The molecule has 0 saturated carbocycles. The highest BCUT2D eigenvalue weighted by Gasteiger charge is 2.24. The largest absolute Gasteiger partial charge is 0.480 e. The third-order valence-electron chi connectivity index (χ3n) is 3.02. The number of nitrogens with one attached hydrogen (secondary N) is 1. The Kier molecular flexibility index (Phi) is 5.46. The summed E-state index contributed by atoms with van der Waals surface area (Å²) in [6.07, 6.45) is 0. The maximum absolute atomic E-state index is 12.0. The van der Waals surface area contributed by atoms with E-state index in [0.717, 1.165) is 0 Å². The molecule has 1 atom stereocenters. The molecule has 114 valence electrons. The van der Waals surface area contributed by atoms with E-state index in [4.69, 9.17) is 5.11 Å². The molecular weight excluding hydrogens is 272 g/mol. The zero-order valence-electron chi connectivity index (χ0n) is 12.6. The summed E-state index contributed by atoms with van der Waals surface area (Å²) in [6, 6.07) is 5.15. The van der Waals surface area contributed by atoms with Crippen LogP contribution >= 0.6 is 0 Å².